The van der Waals surface area contributed by atoms with Crippen molar-refractivity contribution in [3.05, 3.63) is 247 Å². The molecule has 2 aliphatic rings. The molecule has 9 aromatic carbocycles. The molecule has 0 unspecified atom stereocenters. The molecular formula is C60H37N3. The number of benzene rings is 9. The Morgan fingerprint density at radius 1 is 0.302 bits per heavy atom. The van der Waals surface area contributed by atoms with Crippen LogP contribution in [0.3, 0.4) is 0 Å². The second-order valence-corrected chi connectivity index (χ2v) is 16.6. The molecule has 2 aliphatic carbocycles. The van der Waals surface area contributed by atoms with Crippen LogP contribution in [0.2, 0.25) is 0 Å². The molecule has 292 valence electrons. The summed E-state index contributed by atoms with van der Waals surface area (Å²) in [5.41, 5.74) is 20.3. The third kappa shape index (κ3) is 5.30. The maximum absolute atomic E-state index is 5.43. The molecule has 0 aliphatic heterocycles. The first kappa shape index (κ1) is 35.5. The average molecular weight is 800 g/mol. The molecule has 0 bridgehead atoms. The summed E-state index contributed by atoms with van der Waals surface area (Å²) >= 11 is 0. The van der Waals surface area contributed by atoms with Crippen LogP contribution in [-0.4, -0.2) is 15.0 Å². The second-order valence-electron chi connectivity index (χ2n) is 16.6. The number of para-hydroxylation sites is 1. The molecule has 3 heteroatoms. The molecule has 2 heterocycles. The highest BCUT2D eigenvalue weighted by atomic mass is 14.9. The number of aromatic nitrogens is 3. The standard InChI is InChI=1S/C60H37N3/c1-3-15-38(16-4-1)39-27-29-40(30-28-39)54-37-55(63-59(62-54)43-17-5-2-6-18-43)41-31-33-42(34-32-41)58-48-35-36-52-57(56(48)47-22-10-14-26-53(47)61-58)46-21-9-13-25-51(46)60(52)49-23-11-7-19-44(49)45-20-8-12-24-50(45)60/h1-37H. The minimum Gasteiger partial charge on any atom is -0.247 e. The predicted octanol–water partition coefficient (Wildman–Crippen LogP) is 14.9. The quantitative estimate of drug-likeness (QED) is 0.163. The van der Waals surface area contributed by atoms with Gasteiger partial charge in [-0.3, -0.25) is 0 Å². The van der Waals surface area contributed by atoms with E-state index in [9.17, 15) is 0 Å². The van der Waals surface area contributed by atoms with Gasteiger partial charge in [0.25, 0.3) is 0 Å². The molecule has 13 rings (SSSR count). The number of fused-ring (bicyclic) bond motifs is 14. The van der Waals surface area contributed by atoms with Gasteiger partial charge in [0.2, 0.25) is 0 Å². The molecule has 0 fully saturated rings. The number of hydrogen-bond acceptors (Lipinski definition) is 3. The largest absolute Gasteiger partial charge is 0.247 e. The summed E-state index contributed by atoms with van der Waals surface area (Å²) in [6.07, 6.45) is 0. The topological polar surface area (TPSA) is 38.7 Å². The van der Waals surface area contributed by atoms with E-state index in [2.05, 4.69) is 200 Å². The van der Waals surface area contributed by atoms with Crippen LogP contribution >= 0.6 is 0 Å². The highest BCUT2D eigenvalue weighted by Crippen LogP contribution is 2.64. The van der Waals surface area contributed by atoms with Crippen LogP contribution in [0, 0.1) is 0 Å². The van der Waals surface area contributed by atoms with Gasteiger partial charge in [0, 0.05) is 38.4 Å². The van der Waals surface area contributed by atoms with Gasteiger partial charge < -0.3 is 0 Å². The predicted molar refractivity (Wildman–Crippen MR) is 258 cm³/mol. The maximum atomic E-state index is 5.43. The van der Waals surface area contributed by atoms with E-state index in [0.717, 1.165) is 55.6 Å². The van der Waals surface area contributed by atoms with Gasteiger partial charge in [-0.1, -0.05) is 212 Å². The number of rotatable bonds is 5. The van der Waals surface area contributed by atoms with Crippen LogP contribution in [0.5, 0.6) is 0 Å². The van der Waals surface area contributed by atoms with Crippen molar-refractivity contribution in [2.75, 3.05) is 0 Å². The number of pyridine rings is 1. The van der Waals surface area contributed by atoms with Crippen molar-refractivity contribution in [1.82, 2.24) is 15.0 Å². The van der Waals surface area contributed by atoms with Crippen molar-refractivity contribution in [1.29, 1.82) is 0 Å². The molecule has 2 aromatic heterocycles. The van der Waals surface area contributed by atoms with Crippen LogP contribution in [-0.2, 0) is 5.41 Å². The maximum Gasteiger partial charge on any atom is 0.160 e. The summed E-state index contributed by atoms with van der Waals surface area (Å²) < 4.78 is 0. The minimum atomic E-state index is -0.418. The SMILES string of the molecule is c1ccc(-c2ccc(-c3cc(-c4ccc(-c5nc6ccccc6c6c7c(ccc56)C5(c6ccccc6-c6ccccc65)c5ccccc5-7)cc4)nc(-c4ccccc4)n3)cc2)cc1. The zero-order valence-electron chi connectivity index (χ0n) is 34.2. The van der Waals surface area contributed by atoms with Crippen molar-refractivity contribution in [3.8, 4) is 78.5 Å². The molecule has 0 atom stereocenters. The summed E-state index contributed by atoms with van der Waals surface area (Å²) in [5.74, 6) is 0.695. The van der Waals surface area contributed by atoms with Gasteiger partial charge in [0.05, 0.1) is 28.0 Å². The molecule has 11 aromatic rings. The Balaban J connectivity index is 0.973. The Morgan fingerprint density at radius 2 is 0.778 bits per heavy atom. The summed E-state index contributed by atoms with van der Waals surface area (Å²) in [7, 11) is 0. The number of nitrogens with zero attached hydrogens (tertiary/aromatic N) is 3. The van der Waals surface area contributed by atoms with Crippen LogP contribution in [0.25, 0.3) is 100 Å². The van der Waals surface area contributed by atoms with E-state index >= 15 is 0 Å². The van der Waals surface area contributed by atoms with Gasteiger partial charge in [-0.15, -0.1) is 0 Å². The summed E-state index contributed by atoms with van der Waals surface area (Å²) in [4.78, 5) is 15.7. The van der Waals surface area contributed by atoms with Crippen LogP contribution in [0.1, 0.15) is 22.3 Å². The lowest BCUT2D eigenvalue weighted by Gasteiger charge is -2.30. The van der Waals surface area contributed by atoms with Gasteiger partial charge in [0.15, 0.2) is 5.82 Å². The van der Waals surface area contributed by atoms with Gasteiger partial charge in [-0.05, 0) is 67.8 Å². The third-order valence-corrected chi connectivity index (χ3v) is 13.3. The molecule has 0 saturated carbocycles. The van der Waals surface area contributed by atoms with E-state index in [-0.39, 0.29) is 0 Å². The van der Waals surface area contributed by atoms with E-state index in [4.69, 9.17) is 15.0 Å². The molecule has 3 nitrogen and oxygen atoms in total. The van der Waals surface area contributed by atoms with Gasteiger partial charge in [-0.25, -0.2) is 15.0 Å². The minimum absolute atomic E-state index is 0.418. The molecule has 0 N–H and O–H groups in total. The lowest BCUT2D eigenvalue weighted by molar-refractivity contribution is 0.794. The van der Waals surface area contributed by atoms with Gasteiger partial charge in [-0.2, -0.15) is 0 Å². The molecule has 0 amide bonds. The highest BCUT2D eigenvalue weighted by molar-refractivity contribution is 6.20. The first-order valence-electron chi connectivity index (χ1n) is 21.6. The van der Waals surface area contributed by atoms with Crippen LogP contribution < -0.4 is 0 Å². The zero-order valence-corrected chi connectivity index (χ0v) is 34.2. The Bertz CT molecular complexity index is 3550. The molecule has 0 radical (unpaired) electrons. The average Bonchev–Trinajstić information content (AvgIpc) is 3.84. The highest BCUT2D eigenvalue weighted by Gasteiger charge is 2.52. The van der Waals surface area contributed by atoms with E-state index in [1.165, 1.54) is 61.0 Å². The summed E-state index contributed by atoms with van der Waals surface area (Å²) in [6, 6.07) is 80.7. The fraction of sp³-hybridized carbons (Fsp3) is 0.0167. The Hall–Kier alpha value is -8.27. The van der Waals surface area contributed by atoms with Crippen LogP contribution in [0.4, 0.5) is 0 Å². The first-order valence-corrected chi connectivity index (χ1v) is 21.6. The smallest absolute Gasteiger partial charge is 0.160 e. The van der Waals surface area contributed by atoms with Crippen molar-refractivity contribution < 1.29 is 0 Å². The van der Waals surface area contributed by atoms with E-state index in [0.29, 0.717) is 5.82 Å². The lowest BCUT2D eigenvalue weighted by Crippen LogP contribution is -2.25. The molecular weight excluding hydrogens is 763 g/mol. The second kappa shape index (κ2) is 13.9. The first-order chi connectivity index (χ1) is 31.2. The Labute approximate surface area is 365 Å². The van der Waals surface area contributed by atoms with E-state index < -0.39 is 5.41 Å². The zero-order chi connectivity index (χ0) is 41.5. The Kier molecular flexibility index (Phi) is 7.82. The monoisotopic (exact) mass is 799 g/mol. The van der Waals surface area contributed by atoms with Crippen molar-refractivity contribution in [3.63, 3.8) is 0 Å². The number of hydrogen-bond donors (Lipinski definition) is 0. The van der Waals surface area contributed by atoms with Crippen molar-refractivity contribution in [2.24, 2.45) is 0 Å². The summed E-state index contributed by atoms with van der Waals surface area (Å²) in [6.45, 7) is 0. The molecule has 63 heavy (non-hydrogen) atoms. The van der Waals surface area contributed by atoms with Crippen molar-refractivity contribution in [2.45, 2.75) is 5.41 Å². The van der Waals surface area contributed by atoms with Gasteiger partial charge >= 0.3 is 0 Å². The van der Waals surface area contributed by atoms with Crippen LogP contribution in [0.15, 0.2) is 224 Å². The fourth-order valence-corrected chi connectivity index (χ4v) is 10.6. The Morgan fingerprint density at radius 3 is 1.41 bits per heavy atom. The van der Waals surface area contributed by atoms with E-state index in [1.54, 1.807) is 0 Å². The lowest BCUT2D eigenvalue weighted by atomic mass is 9.70. The summed E-state index contributed by atoms with van der Waals surface area (Å²) in [5, 5.41) is 3.55. The molecule has 0 saturated heterocycles. The van der Waals surface area contributed by atoms with Crippen molar-refractivity contribution >= 4 is 21.7 Å². The normalized spacial score (nSPS) is 12.9. The third-order valence-electron chi connectivity index (χ3n) is 13.3. The molecule has 1 spiro atoms. The van der Waals surface area contributed by atoms with Gasteiger partial charge in [0.1, 0.15) is 0 Å². The fourth-order valence-electron chi connectivity index (χ4n) is 10.6. The van der Waals surface area contributed by atoms with E-state index in [1.807, 2.05) is 24.3 Å².